The Hall–Kier alpha value is -1.70. The summed E-state index contributed by atoms with van der Waals surface area (Å²) >= 11 is 0. The SMILES string of the molecule is CCCCC(CCCCNC(=O)OCC1[C@H]2CCC#CCC[C@@H]12)CCC(=O)O. The summed E-state index contributed by atoms with van der Waals surface area (Å²) in [6.45, 7) is 3.33. The molecule has 0 saturated heterocycles. The molecule has 2 unspecified atom stereocenters. The number of rotatable bonds is 13. The molecule has 158 valence electrons. The molecule has 1 amide bonds. The van der Waals surface area contributed by atoms with Crippen LogP contribution in [0, 0.1) is 35.5 Å². The highest BCUT2D eigenvalue weighted by Gasteiger charge is 2.49. The zero-order valence-corrected chi connectivity index (χ0v) is 17.4. The van der Waals surface area contributed by atoms with E-state index in [0.29, 0.717) is 36.8 Å². The number of carbonyl (C=O) groups is 2. The molecule has 4 atom stereocenters. The molecule has 0 bridgehead atoms. The highest BCUT2D eigenvalue weighted by atomic mass is 16.5. The van der Waals surface area contributed by atoms with Gasteiger partial charge < -0.3 is 15.2 Å². The molecule has 0 heterocycles. The summed E-state index contributed by atoms with van der Waals surface area (Å²) in [4.78, 5) is 22.7. The fraction of sp³-hybridized carbons (Fsp3) is 0.826. The van der Waals surface area contributed by atoms with E-state index in [-0.39, 0.29) is 12.5 Å². The maximum atomic E-state index is 11.9. The molecule has 0 aliphatic heterocycles. The normalized spacial score (nSPS) is 24.0. The van der Waals surface area contributed by atoms with Gasteiger partial charge in [-0.3, -0.25) is 4.79 Å². The van der Waals surface area contributed by atoms with Gasteiger partial charge in [-0.25, -0.2) is 4.79 Å². The molecule has 0 aromatic rings. The molecule has 2 aliphatic carbocycles. The van der Waals surface area contributed by atoms with Gasteiger partial charge in [-0.1, -0.05) is 39.0 Å². The van der Waals surface area contributed by atoms with Gasteiger partial charge in [-0.05, 0) is 49.4 Å². The Bertz CT molecular complexity index is 533. The number of amides is 1. The van der Waals surface area contributed by atoms with E-state index in [2.05, 4.69) is 24.1 Å². The van der Waals surface area contributed by atoms with Crippen LogP contribution in [0.15, 0.2) is 0 Å². The van der Waals surface area contributed by atoms with Crippen LogP contribution in [0.3, 0.4) is 0 Å². The lowest BCUT2D eigenvalue weighted by molar-refractivity contribution is -0.137. The number of hydrogen-bond acceptors (Lipinski definition) is 3. The molecule has 0 aromatic carbocycles. The molecule has 0 aromatic heterocycles. The Kier molecular flexibility index (Phi) is 10.2. The number of unbranched alkanes of at least 4 members (excludes halogenated alkanes) is 2. The van der Waals surface area contributed by atoms with Crippen LogP contribution in [-0.2, 0) is 9.53 Å². The van der Waals surface area contributed by atoms with Crippen molar-refractivity contribution in [3.63, 3.8) is 0 Å². The third-order valence-electron chi connectivity index (χ3n) is 6.29. The maximum Gasteiger partial charge on any atom is 0.407 e. The van der Waals surface area contributed by atoms with Gasteiger partial charge in [-0.15, -0.1) is 11.8 Å². The van der Waals surface area contributed by atoms with Crippen molar-refractivity contribution in [2.45, 2.75) is 84.0 Å². The minimum absolute atomic E-state index is 0.258. The number of hydrogen-bond donors (Lipinski definition) is 2. The van der Waals surface area contributed by atoms with E-state index >= 15 is 0 Å². The van der Waals surface area contributed by atoms with E-state index in [0.717, 1.165) is 70.6 Å². The molecule has 0 spiro atoms. The third-order valence-corrected chi connectivity index (χ3v) is 6.29. The van der Waals surface area contributed by atoms with E-state index in [1.165, 1.54) is 0 Å². The molecule has 5 nitrogen and oxygen atoms in total. The first-order valence-corrected chi connectivity index (χ1v) is 11.2. The predicted octanol–water partition coefficient (Wildman–Crippen LogP) is 4.99. The summed E-state index contributed by atoms with van der Waals surface area (Å²) in [5.41, 5.74) is 0. The molecule has 2 N–H and O–H groups in total. The second kappa shape index (κ2) is 12.7. The minimum Gasteiger partial charge on any atom is -0.481 e. The van der Waals surface area contributed by atoms with Crippen LogP contribution in [0.4, 0.5) is 4.79 Å². The largest absolute Gasteiger partial charge is 0.481 e. The molecular weight excluding hydrogens is 354 g/mol. The van der Waals surface area contributed by atoms with Crippen molar-refractivity contribution in [3.8, 4) is 11.8 Å². The van der Waals surface area contributed by atoms with E-state index < -0.39 is 5.97 Å². The van der Waals surface area contributed by atoms with Crippen molar-refractivity contribution < 1.29 is 19.4 Å². The monoisotopic (exact) mass is 391 g/mol. The summed E-state index contributed by atoms with van der Waals surface area (Å²) in [7, 11) is 0. The molecule has 28 heavy (non-hydrogen) atoms. The van der Waals surface area contributed by atoms with Crippen molar-refractivity contribution in [2.75, 3.05) is 13.2 Å². The second-order valence-electron chi connectivity index (χ2n) is 8.38. The van der Waals surface area contributed by atoms with Crippen LogP contribution in [0.5, 0.6) is 0 Å². The fourth-order valence-corrected chi connectivity index (χ4v) is 4.51. The summed E-state index contributed by atoms with van der Waals surface area (Å²) in [6.07, 6.45) is 11.4. The first kappa shape index (κ1) is 22.6. The molecule has 0 radical (unpaired) electrons. The van der Waals surface area contributed by atoms with Crippen molar-refractivity contribution in [3.05, 3.63) is 0 Å². The van der Waals surface area contributed by atoms with Crippen LogP contribution in [0.2, 0.25) is 0 Å². The van der Waals surface area contributed by atoms with Crippen LogP contribution in [-0.4, -0.2) is 30.3 Å². The molecule has 2 aliphatic rings. The van der Waals surface area contributed by atoms with Crippen LogP contribution < -0.4 is 5.32 Å². The predicted molar refractivity (Wildman–Crippen MR) is 110 cm³/mol. The number of nitrogens with one attached hydrogen (secondary N) is 1. The summed E-state index contributed by atoms with van der Waals surface area (Å²) < 4.78 is 5.43. The number of carboxylic acid groups (broad SMARTS) is 1. The zero-order chi connectivity index (χ0) is 20.2. The van der Waals surface area contributed by atoms with E-state index in [9.17, 15) is 9.59 Å². The lowest BCUT2D eigenvalue weighted by atomic mass is 9.91. The Morgan fingerprint density at radius 1 is 1.07 bits per heavy atom. The lowest BCUT2D eigenvalue weighted by Gasteiger charge is -2.15. The first-order chi connectivity index (χ1) is 13.6. The van der Waals surface area contributed by atoms with Gasteiger partial charge in [0, 0.05) is 25.8 Å². The molecule has 1 saturated carbocycles. The molecular formula is C23H37NO4. The number of alkyl carbamates (subject to hydrolysis) is 1. The molecule has 1 fully saturated rings. The van der Waals surface area contributed by atoms with E-state index in [1.807, 2.05) is 0 Å². The Labute approximate surface area is 170 Å². The van der Waals surface area contributed by atoms with Gasteiger partial charge in [0.05, 0.1) is 6.61 Å². The highest BCUT2D eigenvalue weighted by molar-refractivity contribution is 5.67. The van der Waals surface area contributed by atoms with Crippen LogP contribution >= 0.6 is 0 Å². The second-order valence-corrected chi connectivity index (χ2v) is 8.38. The Balaban J connectivity index is 1.51. The topological polar surface area (TPSA) is 75.6 Å². The fourth-order valence-electron chi connectivity index (χ4n) is 4.51. The number of carbonyl (C=O) groups excluding carboxylic acids is 1. The highest BCUT2D eigenvalue weighted by Crippen LogP contribution is 2.52. The summed E-state index contributed by atoms with van der Waals surface area (Å²) in [5, 5.41) is 11.7. The van der Waals surface area contributed by atoms with Gasteiger partial charge in [0.15, 0.2) is 0 Å². The van der Waals surface area contributed by atoms with Crippen molar-refractivity contribution in [2.24, 2.45) is 23.7 Å². The van der Waals surface area contributed by atoms with Gasteiger partial charge in [0.2, 0.25) is 0 Å². The van der Waals surface area contributed by atoms with Gasteiger partial charge in [0.1, 0.15) is 0 Å². The standard InChI is InChI=1S/C23H37NO4/c1-2-3-10-18(14-15-22(25)26)11-8-9-16-24-23(27)28-17-21-19-12-6-4-5-7-13-20(19)21/h18-21H,2-3,6-17H2,1H3,(H,24,27)(H,25,26)/t18?,19-,20+,21?. The van der Waals surface area contributed by atoms with E-state index in [1.54, 1.807) is 0 Å². The van der Waals surface area contributed by atoms with E-state index in [4.69, 9.17) is 9.84 Å². The third kappa shape index (κ3) is 8.54. The van der Waals surface area contributed by atoms with Crippen LogP contribution in [0.25, 0.3) is 0 Å². The lowest BCUT2D eigenvalue weighted by Crippen LogP contribution is -2.26. The average molecular weight is 392 g/mol. The number of aliphatic carboxylic acids is 1. The summed E-state index contributed by atoms with van der Waals surface area (Å²) in [5.74, 6) is 8.11. The summed E-state index contributed by atoms with van der Waals surface area (Å²) in [6, 6.07) is 0. The number of carboxylic acids is 1. The number of ether oxygens (including phenoxy) is 1. The van der Waals surface area contributed by atoms with Crippen molar-refractivity contribution >= 4 is 12.1 Å². The van der Waals surface area contributed by atoms with Gasteiger partial charge >= 0.3 is 12.1 Å². The van der Waals surface area contributed by atoms with Crippen LogP contribution in [0.1, 0.15) is 84.0 Å². The zero-order valence-electron chi connectivity index (χ0n) is 17.4. The van der Waals surface area contributed by atoms with Crippen molar-refractivity contribution in [1.29, 1.82) is 0 Å². The van der Waals surface area contributed by atoms with Gasteiger partial charge in [-0.2, -0.15) is 0 Å². The average Bonchev–Trinajstić information content (AvgIpc) is 3.30. The quantitative estimate of drug-likeness (QED) is 0.342. The molecule has 5 heteroatoms. The van der Waals surface area contributed by atoms with Gasteiger partial charge in [0.25, 0.3) is 0 Å². The molecule has 2 rings (SSSR count). The number of fused-ring (bicyclic) bond motifs is 1. The Morgan fingerprint density at radius 2 is 1.75 bits per heavy atom. The Morgan fingerprint density at radius 3 is 2.39 bits per heavy atom. The minimum atomic E-state index is -0.708. The van der Waals surface area contributed by atoms with Crippen molar-refractivity contribution in [1.82, 2.24) is 5.32 Å². The smallest absolute Gasteiger partial charge is 0.407 e. The maximum absolute atomic E-state index is 11.9. The first-order valence-electron chi connectivity index (χ1n) is 11.2.